The molecular formula is C22H20FN5O3S2. The number of rotatable bonds is 5. The first kappa shape index (κ1) is 21.8. The molecule has 0 unspecified atom stereocenters. The minimum absolute atomic E-state index is 0.287. The average molecular weight is 486 g/mol. The van der Waals surface area contributed by atoms with E-state index >= 15 is 0 Å². The first-order valence-corrected chi connectivity index (χ1v) is 12.6. The molecule has 3 heterocycles. The van der Waals surface area contributed by atoms with Gasteiger partial charge in [-0.1, -0.05) is 29.5 Å². The molecule has 1 aliphatic rings. The lowest BCUT2D eigenvalue weighted by atomic mass is 10.2. The Balaban J connectivity index is 1.30. The van der Waals surface area contributed by atoms with Crippen LogP contribution in [-0.2, 0) is 16.6 Å². The van der Waals surface area contributed by atoms with Crippen LogP contribution in [0.15, 0.2) is 70.4 Å². The second kappa shape index (κ2) is 8.75. The Hall–Kier alpha value is -2.99. The molecule has 0 spiro atoms. The van der Waals surface area contributed by atoms with Gasteiger partial charge in [-0.05, 0) is 36.4 Å². The SMILES string of the molecule is O=c1cc(CN2CCN(S(=O)(=O)c3ccccc3)CC2)nc2sc(-c3ccc(F)cc3)nn12. The Bertz CT molecular complexity index is 1450. The highest BCUT2D eigenvalue weighted by Gasteiger charge is 2.28. The van der Waals surface area contributed by atoms with Gasteiger partial charge in [0.25, 0.3) is 5.56 Å². The van der Waals surface area contributed by atoms with E-state index in [0.717, 1.165) is 0 Å². The number of nitrogens with zero attached hydrogens (tertiary/aromatic N) is 5. The maximum absolute atomic E-state index is 13.2. The van der Waals surface area contributed by atoms with E-state index in [9.17, 15) is 17.6 Å². The van der Waals surface area contributed by atoms with Gasteiger partial charge in [-0.3, -0.25) is 9.69 Å². The number of hydrogen-bond acceptors (Lipinski definition) is 7. The van der Waals surface area contributed by atoms with Crippen molar-refractivity contribution in [3.8, 4) is 10.6 Å². The maximum Gasteiger partial charge on any atom is 0.275 e. The van der Waals surface area contributed by atoms with Crippen molar-refractivity contribution < 1.29 is 12.8 Å². The molecule has 0 radical (unpaired) electrons. The zero-order valence-corrected chi connectivity index (χ0v) is 19.1. The predicted molar refractivity (Wildman–Crippen MR) is 123 cm³/mol. The lowest BCUT2D eigenvalue weighted by molar-refractivity contribution is 0.180. The number of halogens is 1. The van der Waals surface area contributed by atoms with Crippen molar-refractivity contribution in [1.82, 2.24) is 23.8 Å². The zero-order valence-electron chi connectivity index (χ0n) is 17.5. The third-order valence-electron chi connectivity index (χ3n) is 5.49. The summed E-state index contributed by atoms with van der Waals surface area (Å²) in [5, 5.41) is 4.90. The van der Waals surface area contributed by atoms with Crippen molar-refractivity contribution in [3.05, 3.63) is 82.5 Å². The molecule has 0 saturated carbocycles. The van der Waals surface area contributed by atoms with Crippen molar-refractivity contribution in [2.24, 2.45) is 0 Å². The highest BCUT2D eigenvalue weighted by atomic mass is 32.2. The summed E-state index contributed by atoms with van der Waals surface area (Å²) in [6.45, 7) is 2.25. The second-order valence-electron chi connectivity index (χ2n) is 7.69. The van der Waals surface area contributed by atoms with Gasteiger partial charge < -0.3 is 0 Å². The van der Waals surface area contributed by atoms with E-state index in [-0.39, 0.29) is 11.4 Å². The number of benzene rings is 2. The van der Waals surface area contributed by atoms with Crippen LogP contribution in [0.25, 0.3) is 15.5 Å². The topological polar surface area (TPSA) is 87.9 Å². The fourth-order valence-electron chi connectivity index (χ4n) is 3.74. The molecule has 1 aliphatic heterocycles. The predicted octanol–water partition coefficient (Wildman–Crippen LogP) is 2.46. The second-order valence-corrected chi connectivity index (χ2v) is 10.6. The summed E-state index contributed by atoms with van der Waals surface area (Å²) in [5.41, 5.74) is 1.03. The van der Waals surface area contributed by atoms with E-state index in [1.807, 2.05) is 0 Å². The van der Waals surface area contributed by atoms with Gasteiger partial charge in [0.15, 0.2) is 0 Å². The molecule has 11 heteroatoms. The Kier molecular flexibility index (Phi) is 5.79. The monoisotopic (exact) mass is 485 g/mol. The van der Waals surface area contributed by atoms with Gasteiger partial charge in [0, 0.05) is 44.4 Å². The van der Waals surface area contributed by atoms with Crippen LogP contribution in [0.1, 0.15) is 5.69 Å². The fourth-order valence-corrected chi connectivity index (χ4v) is 6.12. The summed E-state index contributed by atoms with van der Waals surface area (Å²) in [4.78, 5) is 20.0. The van der Waals surface area contributed by atoms with Crippen LogP contribution in [0.3, 0.4) is 0 Å². The fraction of sp³-hybridized carbons (Fsp3) is 0.227. The molecule has 33 heavy (non-hydrogen) atoms. The molecule has 2 aromatic carbocycles. The third kappa shape index (κ3) is 4.44. The quantitative estimate of drug-likeness (QED) is 0.432. The van der Waals surface area contributed by atoms with Gasteiger partial charge in [0.2, 0.25) is 15.0 Å². The normalized spacial score (nSPS) is 15.8. The van der Waals surface area contributed by atoms with Gasteiger partial charge in [-0.2, -0.15) is 13.9 Å². The molecule has 0 atom stereocenters. The first-order valence-electron chi connectivity index (χ1n) is 10.3. The largest absolute Gasteiger partial charge is 0.295 e. The molecule has 2 aromatic heterocycles. The Morgan fingerprint density at radius 3 is 2.36 bits per heavy atom. The first-order chi connectivity index (χ1) is 15.9. The van der Waals surface area contributed by atoms with Crippen LogP contribution >= 0.6 is 11.3 Å². The van der Waals surface area contributed by atoms with Gasteiger partial charge in [0.05, 0.1) is 10.6 Å². The van der Waals surface area contributed by atoms with Gasteiger partial charge in [0.1, 0.15) is 10.8 Å². The Morgan fingerprint density at radius 2 is 1.67 bits per heavy atom. The standard InChI is InChI=1S/C22H20FN5O3S2/c23-17-8-6-16(7-9-17)21-25-28-20(29)14-18(24-22(28)32-21)15-26-10-12-27(13-11-26)33(30,31)19-4-2-1-3-5-19/h1-9,14H,10-13,15H2. The van der Waals surface area contributed by atoms with Crippen molar-refractivity contribution >= 4 is 26.3 Å². The highest BCUT2D eigenvalue weighted by molar-refractivity contribution is 7.89. The maximum atomic E-state index is 13.2. The summed E-state index contributed by atoms with van der Waals surface area (Å²) in [5.74, 6) is -0.339. The molecule has 1 fully saturated rings. The number of sulfonamides is 1. The molecule has 8 nitrogen and oxygen atoms in total. The molecule has 0 N–H and O–H groups in total. The van der Waals surface area contributed by atoms with Crippen LogP contribution in [0.5, 0.6) is 0 Å². The number of hydrogen-bond donors (Lipinski definition) is 0. The smallest absolute Gasteiger partial charge is 0.275 e. The number of fused-ring (bicyclic) bond motifs is 1. The summed E-state index contributed by atoms with van der Waals surface area (Å²) in [6.07, 6.45) is 0. The van der Waals surface area contributed by atoms with E-state index in [1.165, 1.54) is 38.4 Å². The number of aromatic nitrogens is 3. The lowest BCUT2D eigenvalue weighted by Gasteiger charge is -2.33. The summed E-state index contributed by atoms with van der Waals surface area (Å²) < 4.78 is 41.5. The molecule has 1 saturated heterocycles. The molecule has 0 aliphatic carbocycles. The van der Waals surface area contributed by atoms with Gasteiger partial charge in [-0.15, -0.1) is 0 Å². The minimum Gasteiger partial charge on any atom is -0.295 e. The molecule has 4 aromatic rings. The van der Waals surface area contributed by atoms with Gasteiger partial charge >= 0.3 is 0 Å². The van der Waals surface area contributed by atoms with E-state index in [0.29, 0.717) is 58.8 Å². The van der Waals surface area contributed by atoms with E-state index in [4.69, 9.17) is 0 Å². The van der Waals surface area contributed by atoms with Crippen molar-refractivity contribution in [3.63, 3.8) is 0 Å². The number of piperazine rings is 1. The van der Waals surface area contributed by atoms with E-state index in [1.54, 1.807) is 42.5 Å². The highest BCUT2D eigenvalue weighted by Crippen LogP contribution is 2.25. The van der Waals surface area contributed by atoms with Crippen molar-refractivity contribution in [1.29, 1.82) is 0 Å². The van der Waals surface area contributed by atoms with E-state index in [2.05, 4.69) is 15.0 Å². The van der Waals surface area contributed by atoms with Crippen LogP contribution < -0.4 is 5.56 Å². The molecule has 170 valence electrons. The van der Waals surface area contributed by atoms with Crippen LogP contribution in [-0.4, -0.2) is 58.4 Å². The molecular weight excluding hydrogens is 465 g/mol. The summed E-state index contributed by atoms with van der Waals surface area (Å²) in [7, 11) is -3.51. The Labute approximate surface area is 193 Å². The van der Waals surface area contributed by atoms with Crippen LogP contribution in [0.4, 0.5) is 4.39 Å². The van der Waals surface area contributed by atoms with Crippen molar-refractivity contribution in [2.75, 3.05) is 26.2 Å². The Morgan fingerprint density at radius 1 is 0.970 bits per heavy atom. The zero-order chi connectivity index (χ0) is 23.0. The molecule has 0 bridgehead atoms. The van der Waals surface area contributed by atoms with Gasteiger partial charge in [-0.25, -0.2) is 17.8 Å². The molecule has 0 amide bonds. The average Bonchev–Trinajstić information content (AvgIpc) is 3.25. The summed E-state index contributed by atoms with van der Waals surface area (Å²) >= 11 is 1.26. The van der Waals surface area contributed by atoms with Crippen LogP contribution in [0, 0.1) is 5.82 Å². The summed E-state index contributed by atoms with van der Waals surface area (Å²) in [6, 6.07) is 15.8. The third-order valence-corrected chi connectivity index (χ3v) is 8.36. The minimum atomic E-state index is -3.51. The van der Waals surface area contributed by atoms with Crippen molar-refractivity contribution in [2.45, 2.75) is 11.4 Å². The molecule has 5 rings (SSSR count). The lowest BCUT2D eigenvalue weighted by Crippen LogP contribution is -2.48. The van der Waals surface area contributed by atoms with Crippen LogP contribution in [0.2, 0.25) is 0 Å². The van der Waals surface area contributed by atoms with E-state index < -0.39 is 10.0 Å².